The molecule has 5 nitrogen and oxygen atoms in total. The molecule has 0 saturated carbocycles. The number of aliphatic hydroxyl groups excluding tert-OH is 1. The first-order valence-electron chi connectivity index (χ1n) is 3.97. The topological polar surface area (TPSA) is 70.6 Å². The summed E-state index contributed by atoms with van der Waals surface area (Å²) >= 11 is 0. The van der Waals surface area contributed by atoms with E-state index in [1.54, 1.807) is 0 Å². The van der Waals surface area contributed by atoms with Crippen molar-refractivity contribution in [2.75, 3.05) is 20.2 Å². The molecule has 1 aliphatic heterocycles. The maximum atomic E-state index is 10.8. The molecule has 2 atom stereocenters. The van der Waals surface area contributed by atoms with E-state index < -0.39 is 12.2 Å². The minimum atomic E-state index is -0.497. The number of hydrogen-bond acceptors (Lipinski definition) is 4. The third-order valence-corrected chi connectivity index (χ3v) is 1.93. The van der Waals surface area contributed by atoms with E-state index in [-0.39, 0.29) is 6.04 Å². The lowest BCUT2D eigenvalue weighted by molar-refractivity contribution is 0.0917. The molecule has 2 unspecified atom stereocenters. The molecule has 0 aliphatic carbocycles. The molecule has 1 heterocycles. The van der Waals surface area contributed by atoms with Crippen LogP contribution in [0.25, 0.3) is 0 Å². The fourth-order valence-electron chi connectivity index (χ4n) is 1.20. The molecule has 1 saturated heterocycles. The first-order chi connectivity index (χ1) is 5.74. The highest BCUT2D eigenvalue weighted by Crippen LogP contribution is 2.02. The van der Waals surface area contributed by atoms with Crippen molar-refractivity contribution in [2.45, 2.75) is 18.6 Å². The number of carbonyl (C=O) groups excluding carboxylic acids is 1. The number of alkyl carbamates (subject to hydrolysis) is 1. The standard InChI is InChI=1S/C7H14N2O3/c1-12-7(11)9-5-4-8-3-2-6(5)10/h5-6,8,10H,2-4H2,1H3,(H,9,11). The Hall–Kier alpha value is -0.810. The summed E-state index contributed by atoms with van der Waals surface area (Å²) < 4.78 is 4.41. The van der Waals surface area contributed by atoms with Crippen LogP contribution in [0, 0.1) is 0 Å². The van der Waals surface area contributed by atoms with E-state index in [4.69, 9.17) is 0 Å². The smallest absolute Gasteiger partial charge is 0.407 e. The Morgan fingerprint density at radius 3 is 3.08 bits per heavy atom. The quantitative estimate of drug-likeness (QED) is 0.480. The minimum Gasteiger partial charge on any atom is -0.453 e. The predicted octanol–water partition coefficient (Wildman–Crippen LogP) is -0.935. The summed E-state index contributed by atoms with van der Waals surface area (Å²) in [7, 11) is 1.30. The zero-order valence-corrected chi connectivity index (χ0v) is 7.04. The molecule has 3 N–H and O–H groups in total. The summed E-state index contributed by atoms with van der Waals surface area (Å²) in [5.74, 6) is 0. The van der Waals surface area contributed by atoms with Crippen LogP contribution in [0.4, 0.5) is 4.79 Å². The molecule has 0 aromatic rings. The summed E-state index contributed by atoms with van der Waals surface area (Å²) in [6.07, 6.45) is -0.303. The summed E-state index contributed by atoms with van der Waals surface area (Å²) in [4.78, 5) is 10.8. The summed E-state index contributed by atoms with van der Waals surface area (Å²) in [6.45, 7) is 1.39. The van der Waals surface area contributed by atoms with Gasteiger partial charge in [-0.1, -0.05) is 0 Å². The second-order valence-electron chi connectivity index (χ2n) is 2.80. The van der Waals surface area contributed by atoms with Crippen molar-refractivity contribution in [3.63, 3.8) is 0 Å². The lowest BCUT2D eigenvalue weighted by Crippen LogP contribution is -2.53. The Labute approximate surface area is 71.1 Å². The third-order valence-electron chi connectivity index (χ3n) is 1.93. The molecule has 70 valence electrons. The van der Waals surface area contributed by atoms with Crippen LogP contribution in [-0.4, -0.2) is 43.5 Å². The monoisotopic (exact) mass is 174 g/mol. The van der Waals surface area contributed by atoms with Gasteiger partial charge >= 0.3 is 6.09 Å². The second kappa shape index (κ2) is 4.27. The van der Waals surface area contributed by atoms with Gasteiger partial charge in [0.2, 0.25) is 0 Å². The number of amides is 1. The summed E-state index contributed by atoms with van der Waals surface area (Å²) in [6, 6.07) is -0.230. The molecule has 0 bridgehead atoms. The zero-order chi connectivity index (χ0) is 8.97. The van der Waals surface area contributed by atoms with E-state index in [0.29, 0.717) is 13.0 Å². The van der Waals surface area contributed by atoms with Crippen LogP contribution in [0.1, 0.15) is 6.42 Å². The van der Waals surface area contributed by atoms with Crippen LogP contribution in [-0.2, 0) is 4.74 Å². The van der Waals surface area contributed by atoms with Gasteiger partial charge in [-0.05, 0) is 13.0 Å². The van der Waals surface area contributed by atoms with Crippen LogP contribution in [0.3, 0.4) is 0 Å². The lowest BCUT2D eigenvalue weighted by Gasteiger charge is -2.28. The van der Waals surface area contributed by atoms with Crippen molar-refractivity contribution in [3.8, 4) is 0 Å². The Morgan fingerprint density at radius 1 is 1.75 bits per heavy atom. The van der Waals surface area contributed by atoms with E-state index in [0.717, 1.165) is 6.54 Å². The Bertz CT molecular complexity index is 163. The van der Waals surface area contributed by atoms with Crippen molar-refractivity contribution >= 4 is 6.09 Å². The molecule has 0 aromatic heterocycles. The molecule has 0 radical (unpaired) electrons. The van der Waals surface area contributed by atoms with E-state index in [9.17, 15) is 9.90 Å². The highest BCUT2D eigenvalue weighted by atomic mass is 16.5. The number of hydrogen-bond donors (Lipinski definition) is 3. The second-order valence-corrected chi connectivity index (χ2v) is 2.80. The molecular weight excluding hydrogens is 160 g/mol. The molecule has 1 aliphatic rings. The highest BCUT2D eigenvalue weighted by molar-refractivity contribution is 5.67. The Kier molecular flexibility index (Phi) is 3.31. The summed E-state index contributed by atoms with van der Waals surface area (Å²) in [5.41, 5.74) is 0. The molecule has 0 spiro atoms. The van der Waals surface area contributed by atoms with Gasteiger partial charge in [0.05, 0.1) is 19.3 Å². The molecule has 5 heteroatoms. The molecule has 12 heavy (non-hydrogen) atoms. The average molecular weight is 174 g/mol. The molecular formula is C7H14N2O3. The maximum absolute atomic E-state index is 10.8. The van der Waals surface area contributed by atoms with E-state index in [2.05, 4.69) is 15.4 Å². The van der Waals surface area contributed by atoms with Crippen LogP contribution in [0.15, 0.2) is 0 Å². The molecule has 1 amide bonds. The normalized spacial score (nSPS) is 29.5. The number of piperidine rings is 1. The average Bonchev–Trinajstić information content (AvgIpc) is 2.09. The van der Waals surface area contributed by atoms with E-state index in [1.165, 1.54) is 7.11 Å². The van der Waals surface area contributed by atoms with Gasteiger partial charge in [0.15, 0.2) is 0 Å². The van der Waals surface area contributed by atoms with Gasteiger partial charge in [0.1, 0.15) is 0 Å². The van der Waals surface area contributed by atoms with Gasteiger partial charge in [-0.25, -0.2) is 4.79 Å². The fraction of sp³-hybridized carbons (Fsp3) is 0.857. The van der Waals surface area contributed by atoms with Gasteiger partial charge in [0, 0.05) is 6.54 Å². The van der Waals surface area contributed by atoms with Gasteiger partial charge in [-0.2, -0.15) is 0 Å². The Morgan fingerprint density at radius 2 is 2.50 bits per heavy atom. The van der Waals surface area contributed by atoms with Crippen molar-refractivity contribution in [1.82, 2.24) is 10.6 Å². The van der Waals surface area contributed by atoms with Gasteiger partial charge in [0.25, 0.3) is 0 Å². The zero-order valence-electron chi connectivity index (χ0n) is 7.04. The number of rotatable bonds is 1. The van der Waals surface area contributed by atoms with Crippen molar-refractivity contribution in [1.29, 1.82) is 0 Å². The van der Waals surface area contributed by atoms with Gasteiger partial charge in [-0.15, -0.1) is 0 Å². The predicted molar refractivity (Wildman–Crippen MR) is 42.8 cm³/mol. The van der Waals surface area contributed by atoms with Crippen LogP contribution in [0.5, 0.6) is 0 Å². The van der Waals surface area contributed by atoms with Crippen LogP contribution in [0.2, 0.25) is 0 Å². The Balaban J connectivity index is 2.33. The number of ether oxygens (including phenoxy) is 1. The van der Waals surface area contributed by atoms with Crippen LogP contribution < -0.4 is 10.6 Å². The molecule has 0 aromatic carbocycles. The summed E-state index contributed by atoms with van der Waals surface area (Å²) in [5, 5.41) is 15.0. The maximum Gasteiger partial charge on any atom is 0.407 e. The van der Waals surface area contributed by atoms with E-state index >= 15 is 0 Å². The number of methoxy groups -OCH3 is 1. The lowest BCUT2D eigenvalue weighted by atomic mass is 10.0. The number of nitrogens with one attached hydrogen (secondary N) is 2. The SMILES string of the molecule is COC(=O)NC1CNCCC1O. The first kappa shape index (κ1) is 9.28. The van der Waals surface area contributed by atoms with Gasteiger partial charge < -0.3 is 20.5 Å². The van der Waals surface area contributed by atoms with Crippen molar-refractivity contribution in [2.24, 2.45) is 0 Å². The van der Waals surface area contributed by atoms with Crippen molar-refractivity contribution < 1.29 is 14.6 Å². The highest BCUT2D eigenvalue weighted by Gasteiger charge is 2.24. The van der Waals surface area contributed by atoms with E-state index in [1.807, 2.05) is 0 Å². The minimum absolute atomic E-state index is 0.230. The number of aliphatic hydroxyl groups is 1. The van der Waals surface area contributed by atoms with Crippen molar-refractivity contribution in [3.05, 3.63) is 0 Å². The van der Waals surface area contributed by atoms with Gasteiger partial charge in [-0.3, -0.25) is 0 Å². The van der Waals surface area contributed by atoms with Crippen LogP contribution >= 0.6 is 0 Å². The largest absolute Gasteiger partial charge is 0.453 e. The first-order valence-corrected chi connectivity index (χ1v) is 3.97. The number of carbonyl (C=O) groups is 1. The molecule has 1 rings (SSSR count). The fourth-order valence-corrected chi connectivity index (χ4v) is 1.20. The molecule has 1 fully saturated rings. The third kappa shape index (κ3) is 2.35.